The van der Waals surface area contributed by atoms with Crippen LogP contribution in [0, 0.1) is 12.8 Å². The topological polar surface area (TPSA) is 54.3 Å². The monoisotopic (exact) mass is 373 g/mol. The molecule has 3 saturated heterocycles. The first-order chi connectivity index (χ1) is 12.6. The van der Waals surface area contributed by atoms with Gasteiger partial charge in [0.1, 0.15) is 6.54 Å². The first-order valence-electron chi connectivity index (χ1n) is 9.19. The van der Waals surface area contributed by atoms with E-state index in [4.69, 9.17) is 11.6 Å². The van der Waals surface area contributed by atoms with E-state index in [1.54, 1.807) is 17.1 Å². The minimum absolute atomic E-state index is 0.141. The number of halogens is 1. The van der Waals surface area contributed by atoms with Crippen LogP contribution in [0.5, 0.6) is 0 Å². The van der Waals surface area contributed by atoms with E-state index in [0.29, 0.717) is 10.9 Å². The van der Waals surface area contributed by atoms with Gasteiger partial charge < -0.3 is 4.90 Å². The van der Waals surface area contributed by atoms with Gasteiger partial charge in [-0.15, -0.1) is 0 Å². The van der Waals surface area contributed by atoms with E-state index >= 15 is 0 Å². The van der Waals surface area contributed by atoms with Crippen LogP contribution in [0.2, 0.25) is 5.02 Å². The first kappa shape index (κ1) is 17.5. The largest absolute Gasteiger partial charge is 0.336 e. The van der Waals surface area contributed by atoms with Crippen molar-refractivity contribution >= 4 is 17.5 Å². The number of carbonyl (C=O) groups is 1. The van der Waals surface area contributed by atoms with E-state index < -0.39 is 0 Å². The number of fused-ring (bicyclic) bond motifs is 4. The molecule has 0 radical (unpaired) electrons. The van der Waals surface area contributed by atoms with Crippen molar-refractivity contribution in [3.8, 4) is 0 Å². The van der Waals surface area contributed by atoms with Crippen molar-refractivity contribution in [3.63, 3.8) is 0 Å². The van der Waals surface area contributed by atoms with E-state index in [1.807, 2.05) is 19.2 Å². The second-order valence-electron chi connectivity index (χ2n) is 7.46. The van der Waals surface area contributed by atoms with E-state index in [2.05, 4.69) is 25.9 Å². The summed E-state index contributed by atoms with van der Waals surface area (Å²) in [5.41, 5.74) is 1.99. The molecule has 5 heterocycles. The lowest BCUT2D eigenvalue weighted by molar-refractivity contribution is -0.136. The number of aryl methyl sites for hydroxylation is 1. The summed E-state index contributed by atoms with van der Waals surface area (Å²) in [5, 5.41) is 4.93. The van der Waals surface area contributed by atoms with Crippen molar-refractivity contribution in [2.24, 2.45) is 5.92 Å². The summed E-state index contributed by atoms with van der Waals surface area (Å²) in [6.45, 7) is 5.84. The Balaban J connectivity index is 1.43. The van der Waals surface area contributed by atoms with Gasteiger partial charge in [-0.05, 0) is 37.3 Å². The van der Waals surface area contributed by atoms with Gasteiger partial charge in [0.15, 0.2) is 0 Å². The molecule has 7 heteroatoms. The lowest BCUT2D eigenvalue weighted by Gasteiger charge is -2.36. The summed E-state index contributed by atoms with van der Waals surface area (Å²) >= 11 is 6.06. The van der Waals surface area contributed by atoms with Gasteiger partial charge in [0.2, 0.25) is 5.91 Å². The molecule has 0 saturated carbocycles. The van der Waals surface area contributed by atoms with Crippen molar-refractivity contribution < 1.29 is 4.79 Å². The number of aromatic nitrogens is 3. The fourth-order valence-corrected chi connectivity index (χ4v) is 4.32. The molecular formula is C19H24ClN5O. The van der Waals surface area contributed by atoms with E-state index in [-0.39, 0.29) is 18.5 Å². The summed E-state index contributed by atoms with van der Waals surface area (Å²) in [6.07, 6.45) is 7.75. The van der Waals surface area contributed by atoms with Crippen LogP contribution in [0.4, 0.5) is 0 Å². The fourth-order valence-electron chi connectivity index (χ4n) is 4.17. The third-order valence-electron chi connectivity index (χ3n) is 5.42. The quantitative estimate of drug-likeness (QED) is 0.825. The molecule has 0 aromatic carbocycles. The van der Waals surface area contributed by atoms with Crippen LogP contribution in [-0.2, 0) is 17.9 Å². The Labute approximate surface area is 158 Å². The Hall–Kier alpha value is -1.92. The summed E-state index contributed by atoms with van der Waals surface area (Å²) in [4.78, 5) is 21.6. The van der Waals surface area contributed by atoms with Crippen LogP contribution in [0.15, 0.2) is 30.7 Å². The highest BCUT2D eigenvalue weighted by Gasteiger charge is 2.37. The van der Waals surface area contributed by atoms with Crippen molar-refractivity contribution in [3.05, 3.63) is 47.0 Å². The van der Waals surface area contributed by atoms with Gasteiger partial charge in [-0.2, -0.15) is 5.10 Å². The van der Waals surface area contributed by atoms with Crippen LogP contribution in [-0.4, -0.2) is 56.1 Å². The molecule has 3 fully saturated rings. The lowest BCUT2D eigenvalue weighted by Crippen LogP contribution is -2.48. The number of pyridine rings is 1. The van der Waals surface area contributed by atoms with Crippen LogP contribution in [0.3, 0.4) is 0 Å². The molecule has 2 atom stereocenters. The zero-order valence-corrected chi connectivity index (χ0v) is 15.8. The Morgan fingerprint density at radius 3 is 2.92 bits per heavy atom. The minimum atomic E-state index is 0.141. The Kier molecular flexibility index (Phi) is 4.96. The summed E-state index contributed by atoms with van der Waals surface area (Å²) in [6, 6.07) is 4.38. The summed E-state index contributed by atoms with van der Waals surface area (Å²) < 4.78 is 1.66. The van der Waals surface area contributed by atoms with Gasteiger partial charge in [-0.25, -0.2) is 0 Å². The van der Waals surface area contributed by atoms with E-state index in [9.17, 15) is 4.79 Å². The minimum Gasteiger partial charge on any atom is -0.336 e. The predicted octanol–water partition coefficient (Wildman–Crippen LogP) is 2.36. The third-order valence-corrected chi connectivity index (χ3v) is 5.79. The molecular weight excluding hydrogens is 350 g/mol. The number of piperidine rings is 1. The van der Waals surface area contributed by atoms with Crippen molar-refractivity contribution in [2.75, 3.05) is 19.6 Å². The summed E-state index contributed by atoms with van der Waals surface area (Å²) in [7, 11) is 0. The van der Waals surface area contributed by atoms with Gasteiger partial charge in [0, 0.05) is 50.8 Å². The SMILES string of the molecule is Cc1nn(CC(=O)N2C[C@H]3CC[C@@H]2CN(Cc2cccnc2)C3)cc1Cl. The lowest BCUT2D eigenvalue weighted by atomic mass is 9.95. The normalized spacial score (nSPS) is 23.2. The second-order valence-corrected chi connectivity index (χ2v) is 7.87. The zero-order valence-electron chi connectivity index (χ0n) is 15.0. The number of nitrogens with zero attached hydrogens (tertiary/aromatic N) is 5. The molecule has 0 N–H and O–H groups in total. The Morgan fingerprint density at radius 1 is 1.31 bits per heavy atom. The molecule has 3 aliphatic rings. The zero-order chi connectivity index (χ0) is 18.1. The molecule has 5 rings (SSSR count). The molecule has 1 amide bonds. The number of carbonyl (C=O) groups excluding carboxylic acids is 1. The molecule has 138 valence electrons. The number of rotatable bonds is 4. The molecule has 6 nitrogen and oxygen atoms in total. The van der Waals surface area contributed by atoms with Gasteiger partial charge >= 0.3 is 0 Å². The van der Waals surface area contributed by atoms with Gasteiger partial charge in [-0.1, -0.05) is 17.7 Å². The maximum absolute atomic E-state index is 12.9. The average molecular weight is 374 g/mol. The van der Waals surface area contributed by atoms with Gasteiger partial charge in [-0.3, -0.25) is 19.4 Å². The second kappa shape index (κ2) is 7.37. The molecule has 2 aromatic heterocycles. The van der Waals surface area contributed by atoms with Crippen molar-refractivity contribution in [1.29, 1.82) is 0 Å². The van der Waals surface area contributed by atoms with Gasteiger partial charge in [0.25, 0.3) is 0 Å². The summed E-state index contributed by atoms with van der Waals surface area (Å²) in [5.74, 6) is 0.680. The smallest absolute Gasteiger partial charge is 0.244 e. The van der Waals surface area contributed by atoms with E-state index in [1.165, 1.54) is 12.0 Å². The standard InChI is InChI=1S/C19H24ClN5O/c1-14-18(20)12-24(22-14)13-19(26)25-10-16-4-5-17(25)11-23(9-16)8-15-3-2-6-21-7-15/h2-3,6-7,12,16-17H,4-5,8-11,13H2,1H3/t16-,17+/m0/s1. The molecule has 0 unspecified atom stereocenters. The van der Waals surface area contributed by atoms with Crippen LogP contribution >= 0.6 is 11.6 Å². The predicted molar refractivity (Wildman–Crippen MR) is 99.7 cm³/mol. The Bertz CT molecular complexity index is 758. The molecule has 0 spiro atoms. The number of amides is 1. The number of hydrogen-bond donors (Lipinski definition) is 0. The van der Waals surface area contributed by atoms with Crippen LogP contribution in [0.1, 0.15) is 24.1 Å². The van der Waals surface area contributed by atoms with Crippen LogP contribution < -0.4 is 0 Å². The van der Waals surface area contributed by atoms with Crippen molar-refractivity contribution in [2.45, 2.75) is 38.9 Å². The van der Waals surface area contributed by atoms with Crippen LogP contribution in [0.25, 0.3) is 0 Å². The molecule has 26 heavy (non-hydrogen) atoms. The fraction of sp³-hybridized carbons (Fsp3) is 0.526. The third kappa shape index (κ3) is 3.76. The average Bonchev–Trinajstić information content (AvgIpc) is 2.79. The molecule has 3 aliphatic heterocycles. The molecule has 2 aromatic rings. The van der Waals surface area contributed by atoms with Crippen molar-refractivity contribution in [1.82, 2.24) is 24.6 Å². The number of hydrogen-bond acceptors (Lipinski definition) is 4. The highest BCUT2D eigenvalue weighted by molar-refractivity contribution is 6.31. The maximum atomic E-state index is 12.9. The Morgan fingerprint density at radius 2 is 2.19 bits per heavy atom. The maximum Gasteiger partial charge on any atom is 0.244 e. The molecule has 0 aliphatic carbocycles. The highest BCUT2D eigenvalue weighted by Crippen LogP contribution is 2.29. The highest BCUT2D eigenvalue weighted by atomic mass is 35.5. The molecule has 2 bridgehead atoms. The van der Waals surface area contributed by atoms with E-state index in [0.717, 1.165) is 38.3 Å². The van der Waals surface area contributed by atoms with Gasteiger partial charge in [0.05, 0.1) is 10.7 Å². The first-order valence-corrected chi connectivity index (χ1v) is 9.56.